The maximum atomic E-state index is 6.46. The lowest BCUT2D eigenvalue weighted by Gasteiger charge is -2.40. The van der Waals surface area contributed by atoms with Crippen LogP contribution in [0.15, 0.2) is 24.3 Å². The van der Waals surface area contributed by atoms with Crippen molar-refractivity contribution >= 4 is 0 Å². The average molecular weight is 277 g/mol. The van der Waals surface area contributed by atoms with Crippen molar-refractivity contribution in [3.05, 3.63) is 29.8 Å². The van der Waals surface area contributed by atoms with E-state index in [1.54, 1.807) is 0 Å². The second kappa shape index (κ2) is 7.07. The Morgan fingerprint density at radius 2 is 1.95 bits per heavy atom. The summed E-state index contributed by atoms with van der Waals surface area (Å²) in [5, 5.41) is 0. The van der Waals surface area contributed by atoms with Crippen LogP contribution in [-0.4, -0.2) is 56.2 Å². The highest BCUT2D eigenvalue weighted by Gasteiger charge is 2.28. The highest BCUT2D eigenvalue weighted by molar-refractivity contribution is 5.30. The van der Waals surface area contributed by atoms with E-state index in [0.717, 1.165) is 38.4 Å². The first-order valence-corrected chi connectivity index (χ1v) is 7.49. The standard InChI is InChI=1S/C16H27N3O/c1-4-11-20-14-7-5-13(6-8-14)16(17)15-12-18(2)9-10-19(15)3/h5-8,15-16H,4,9-12,17H2,1-3H3. The molecule has 112 valence electrons. The number of nitrogens with two attached hydrogens (primary N) is 1. The van der Waals surface area contributed by atoms with Gasteiger partial charge in [-0.2, -0.15) is 0 Å². The molecule has 2 rings (SSSR count). The molecule has 0 bridgehead atoms. The fourth-order valence-electron chi connectivity index (χ4n) is 2.66. The summed E-state index contributed by atoms with van der Waals surface area (Å²) in [6.45, 7) is 6.09. The Morgan fingerprint density at radius 3 is 2.60 bits per heavy atom. The van der Waals surface area contributed by atoms with Gasteiger partial charge in [-0.05, 0) is 38.2 Å². The Morgan fingerprint density at radius 1 is 1.25 bits per heavy atom. The fraction of sp³-hybridized carbons (Fsp3) is 0.625. The molecular weight excluding hydrogens is 250 g/mol. The second-order valence-electron chi connectivity index (χ2n) is 5.75. The van der Waals surface area contributed by atoms with Gasteiger partial charge in [-0.15, -0.1) is 0 Å². The van der Waals surface area contributed by atoms with E-state index in [-0.39, 0.29) is 6.04 Å². The minimum absolute atomic E-state index is 0.0444. The molecule has 2 atom stereocenters. The van der Waals surface area contributed by atoms with Gasteiger partial charge in [0.05, 0.1) is 6.61 Å². The quantitative estimate of drug-likeness (QED) is 0.890. The molecule has 4 heteroatoms. The number of benzene rings is 1. The summed E-state index contributed by atoms with van der Waals surface area (Å²) in [6.07, 6.45) is 1.03. The van der Waals surface area contributed by atoms with Gasteiger partial charge in [0, 0.05) is 31.7 Å². The van der Waals surface area contributed by atoms with Crippen LogP contribution in [-0.2, 0) is 0 Å². The van der Waals surface area contributed by atoms with E-state index >= 15 is 0 Å². The first-order valence-electron chi connectivity index (χ1n) is 7.49. The zero-order valence-electron chi connectivity index (χ0n) is 12.9. The third-order valence-electron chi connectivity index (χ3n) is 4.05. The first-order chi connectivity index (χ1) is 9.61. The largest absolute Gasteiger partial charge is 0.494 e. The Hall–Kier alpha value is -1.10. The molecule has 0 aliphatic carbocycles. The van der Waals surface area contributed by atoms with Gasteiger partial charge >= 0.3 is 0 Å². The number of nitrogens with zero attached hydrogens (tertiary/aromatic N) is 2. The second-order valence-corrected chi connectivity index (χ2v) is 5.75. The van der Waals surface area contributed by atoms with E-state index in [9.17, 15) is 0 Å². The number of likely N-dealkylation sites (N-methyl/N-ethyl adjacent to an activating group) is 2. The van der Waals surface area contributed by atoms with Crippen molar-refractivity contribution in [1.29, 1.82) is 0 Å². The van der Waals surface area contributed by atoms with Crippen LogP contribution >= 0.6 is 0 Å². The van der Waals surface area contributed by atoms with Gasteiger partial charge in [0.25, 0.3) is 0 Å². The van der Waals surface area contributed by atoms with Crippen molar-refractivity contribution in [2.45, 2.75) is 25.4 Å². The normalized spacial score (nSPS) is 22.7. The number of piperazine rings is 1. The molecule has 2 unspecified atom stereocenters. The summed E-state index contributed by atoms with van der Waals surface area (Å²) in [6, 6.07) is 8.66. The van der Waals surface area contributed by atoms with Gasteiger partial charge in [-0.3, -0.25) is 4.90 Å². The molecular formula is C16H27N3O. The summed E-state index contributed by atoms with van der Waals surface area (Å²) in [4.78, 5) is 4.72. The predicted molar refractivity (Wildman–Crippen MR) is 83.1 cm³/mol. The molecule has 1 saturated heterocycles. The van der Waals surface area contributed by atoms with Gasteiger partial charge in [-0.1, -0.05) is 19.1 Å². The van der Waals surface area contributed by atoms with E-state index < -0.39 is 0 Å². The highest BCUT2D eigenvalue weighted by atomic mass is 16.5. The molecule has 0 spiro atoms. The Bertz CT molecular complexity index is 407. The van der Waals surface area contributed by atoms with Crippen LogP contribution in [0.4, 0.5) is 0 Å². The molecule has 0 radical (unpaired) electrons. The number of hydrogen-bond acceptors (Lipinski definition) is 4. The molecule has 0 amide bonds. The van der Waals surface area contributed by atoms with Crippen molar-refractivity contribution in [1.82, 2.24) is 9.80 Å². The zero-order valence-corrected chi connectivity index (χ0v) is 12.9. The van der Waals surface area contributed by atoms with Gasteiger partial charge < -0.3 is 15.4 Å². The van der Waals surface area contributed by atoms with Crippen LogP contribution in [0.3, 0.4) is 0 Å². The highest BCUT2D eigenvalue weighted by Crippen LogP contribution is 2.23. The van der Waals surface area contributed by atoms with Crippen molar-refractivity contribution in [3.63, 3.8) is 0 Å². The molecule has 1 aromatic rings. The molecule has 0 saturated carbocycles. The summed E-state index contributed by atoms with van der Waals surface area (Å²) in [7, 11) is 4.32. The molecule has 1 aliphatic rings. The van der Waals surface area contributed by atoms with Gasteiger partial charge in [0.15, 0.2) is 0 Å². The van der Waals surface area contributed by atoms with Crippen LogP contribution in [0, 0.1) is 0 Å². The smallest absolute Gasteiger partial charge is 0.119 e. The Kier molecular flexibility index (Phi) is 5.40. The van der Waals surface area contributed by atoms with Crippen LogP contribution in [0.25, 0.3) is 0 Å². The van der Waals surface area contributed by atoms with E-state index in [4.69, 9.17) is 10.5 Å². The zero-order chi connectivity index (χ0) is 14.5. The Balaban J connectivity index is 2.02. The molecule has 4 nitrogen and oxygen atoms in total. The van der Waals surface area contributed by atoms with Crippen molar-refractivity contribution < 1.29 is 4.74 Å². The van der Waals surface area contributed by atoms with E-state index in [1.807, 2.05) is 12.1 Å². The number of ether oxygens (including phenoxy) is 1. The van der Waals surface area contributed by atoms with Gasteiger partial charge in [-0.25, -0.2) is 0 Å². The minimum Gasteiger partial charge on any atom is -0.494 e. The summed E-state index contributed by atoms with van der Waals surface area (Å²) in [5.74, 6) is 0.928. The molecule has 1 aromatic carbocycles. The predicted octanol–water partition coefficient (Wildman–Crippen LogP) is 1.72. The molecule has 20 heavy (non-hydrogen) atoms. The maximum absolute atomic E-state index is 6.46. The molecule has 1 aliphatic heterocycles. The summed E-state index contributed by atoms with van der Waals surface area (Å²) in [5.41, 5.74) is 7.64. The lowest BCUT2D eigenvalue weighted by Crippen LogP contribution is -2.54. The average Bonchev–Trinajstić information content (AvgIpc) is 2.47. The van der Waals surface area contributed by atoms with Crippen LogP contribution in [0.2, 0.25) is 0 Å². The molecule has 2 N–H and O–H groups in total. The van der Waals surface area contributed by atoms with Crippen LogP contribution in [0.1, 0.15) is 24.9 Å². The van der Waals surface area contributed by atoms with Crippen molar-refractivity contribution in [3.8, 4) is 5.75 Å². The van der Waals surface area contributed by atoms with Crippen molar-refractivity contribution in [2.24, 2.45) is 5.73 Å². The van der Waals surface area contributed by atoms with Crippen LogP contribution < -0.4 is 10.5 Å². The van der Waals surface area contributed by atoms with E-state index in [1.165, 1.54) is 5.56 Å². The first kappa shape index (κ1) is 15.3. The maximum Gasteiger partial charge on any atom is 0.119 e. The third-order valence-corrected chi connectivity index (χ3v) is 4.05. The van der Waals surface area contributed by atoms with E-state index in [0.29, 0.717) is 6.04 Å². The van der Waals surface area contributed by atoms with Gasteiger partial charge in [0.1, 0.15) is 5.75 Å². The van der Waals surface area contributed by atoms with E-state index in [2.05, 4.69) is 43.0 Å². The molecule has 0 aromatic heterocycles. The lowest BCUT2D eigenvalue weighted by molar-refractivity contribution is 0.0974. The fourth-order valence-corrected chi connectivity index (χ4v) is 2.66. The molecule has 1 fully saturated rings. The topological polar surface area (TPSA) is 41.7 Å². The minimum atomic E-state index is 0.0444. The lowest BCUT2D eigenvalue weighted by atomic mass is 9.97. The SMILES string of the molecule is CCCOc1ccc(C(N)C2CN(C)CCN2C)cc1. The molecule has 1 heterocycles. The van der Waals surface area contributed by atoms with Gasteiger partial charge in [0.2, 0.25) is 0 Å². The number of rotatable bonds is 5. The van der Waals surface area contributed by atoms with Crippen molar-refractivity contribution in [2.75, 3.05) is 40.3 Å². The number of hydrogen-bond donors (Lipinski definition) is 1. The monoisotopic (exact) mass is 277 g/mol. The van der Waals surface area contributed by atoms with Crippen LogP contribution in [0.5, 0.6) is 5.75 Å². The Labute approximate surface area is 122 Å². The third kappa shape index (κ3) is 3.72. The summed E-state index contributed by atoms with van der Waals surface area (Å²) < 4.78 is 5.61. The summed E-state index contributed by atoms with van der Waals surface area (Å²) >= 11 is 0.